The normalized spacial score (nSPS) is 11.6. The van der Waals surface area contributed by atoms with Crippen LogP contribution in [0.5, 0.6) is 0 Å². The summed E-state index contributed by atoms with van der Waals surface area (Å²) in [7, 11) is 0.273. The van der Waals surface area contributed by atoms with Gasteiger partial charge in [0, 0.05) is 22.5 Å². The third kappa shape index (κ3) is 3.33. The summed E-state index contributed by atoms with van der Waals surface area (Å²) in [4.78, 5) is 4.88. The number of hydrogen-bond donors (Lipinski definition) is 0. The van der Waals surface area contributed by atoms with Crippen LogP contribution < -0.4 is 0 Å². The van der Waals surface area contributed by atoms with Crippen LogP contribution in [0.15, 0.2) is 46.4 Å². The first kappa shape index (κ1) is 15.3. The number of azide groups is 1. The summed E-state index contributed by atoms with van der Waals surface area (Å²) in [5.74, 6) is 0.0465. The van der Waals surface area contributed by atoms with E-state index >= 15 is 0 Å². The highest BCUT2D eigenvalue weighted by Gasteiger charge is 2.18. The minimum Gasteiger partial charge on any atom is -0.308 e. The summed E-state index contributed by atoms with van der Waals surface area (Å²) in [6.45, 7) is 0.453. The van der Waals surface area contributed by atoms with Crippen LogP contribution in [-0.4, -0.2) is 39.7 Å². The lowest BCUT2D eigenvalue weighted by atomic mass is 10.1. The van der Waals surface area contributed by atoms with Crippen molar-refractivity contribution in [3.8, 4) is 0 Å². The molecule has 0 radical (unpaired) electrons. The molecule has 0 aliphatic rings. The molecule has 0 spiro atoms. The first-order valence-electron chi connectivity index (χ1n) is 6.40. The summed E-state index contributed by atoms with van der Waals surface area (Å²) in [6, 6.07) is 10.1. The summed E-state index contributed by atoms with van der Waals surface area (Å²) in [5.41, 5.74) is 9.02. The van der Waals surface area contributed by atoms with Gasteiger partial charge in [-0.2, -0.15) is 0 Å². The Morgan fingerprint density at radius 2 is 1.81 bits per heavy atom. The second-order valence-electron chi connectivity index (χ2n) is 4.94. The zero-order valence-corrected chi connectivity index (χ0v) is 12.7. The number of hydrogen-bond acceptors (Lipinski definition) is 4. The van der Waals surface area contributed by atoms with E-state index in [2.05, 4.69) is 10.0 Å². The number of benzene rings is 2. The first-order valence-corrected chi connectivity index (χ1v) is 8.05. The minimum absolute atomic E-state index is 0.0465. The molecule has 0 bridgehead atoms. The SMILES string of the molecule is CN(C)CCS(=O)(=O)c1cccc2c(N=[N+]=[N-])cccc12. The Labute approximate surface area is 123 Å². The summed E-state index contributed by atoms with van der Waals surface area (Å²) in [5, 5.41) is 4.83. The third-order valence-electron chi connectivity index (χ3n) is 3.15. The van der Waals surface area contributed by atoms with Crippen molar-refractivity contribution in [1.29, 1.82) is 0 Å². The van der Waals surface area contributed by atoms with Crippen LogP contribution in [0.4, 0.5) is 5.69 Å². The van der Waals surface area contributed by atoms with Crippen molar-refractivity contribution in [2.75, 3.05) is 26.4 Å². The molecule has 2 aromatic carbocycles. The zero-order chi connectivity index (χ0) is 15.5. The molecule has 21 heavy (non-hydrogen) atoms. The van der Waals surface area contributed by atoms with Crippen LogP contribution >= 0.6 is 0 Å². The molecule has 0 aliphatic carbocycles. The van der Waals surface area contributed by atoms with Crippen LogP contribution in [0.3, 0.4) is 0 Å². The molecule has 0 atom stereocenters. The third-order valence-corrected chi connectivity index (χ3v) is 4.90. The van der Waals surface area contributed by atoms with Gasteiger partial charge in [-0.3, -0.25) is 0 Å². The summed E-state index contributed by atoms with van der Waals surface area (Å²) < 4.78 is 25.0. The Morgan fingerprint density at radius 1 is 1.14 bits per heavy atom. The topological polar surface area (TPSA) is 86.1 Å². The van der Waals surface area contributed by atoms with Gasteiger partial charge < -0.3 is 4.90 Å². The van der Waals surface area contributed by atoms with Gasteiger partial charge in [0.1, 0.15) is 0 Å². The molecule has 0 unspecified atom stereocenters. The second-order valence-corrected chi connectivity index (χ2v) is 7.02. The molecule has 2 aromatic rings. The van der Waals surface area contributed by atoms with Crippen LogP contribution in [0.2, 0.25) is 0 Å². The molecular weight excluding hydrogens is 288 g/mol. The average Bonchev–Trinajstić information content (AvgIpc) is 2.45. The van der Waals surface area contributed by atoms with Gasteiger partial charge in [0.05, 0.1) is 10.6 Å². The quantitative estimate of drug-likeness (QED) is 0.483. The van der Waals surface area contributed by atoms with Gasteiger partial charge in [0.2, 0.25) is 0 Å². The van der Waals surface area contributed by atoms with E-state index in [4.69, 9.17) is 5.53 Å². The molecule has 7 heteroatoms. The predicted molar refractivity (Wildman–Crippen MR) is 83.4 cm³/mol. The Balaban J connectivity index is 2.60. The van der Waals surface area contributed by atoms with E-state index in [1.165, 1.54) is 0 Å². The number of rotatable bonds is 5. The van der Waals surface area contributed by atoms with E-state index in [1.54, 1.807) is 36.4 Å². The van der Waals surface area contributed by atoms with Crippen LogP contribution in [-0.2, 0) is 9.84 Å². The van der Waals surface area contributed by atoms with Gasteiger partial charge >= 0.3 is 0 Å². The average molecular weight is 304 g/mol. The van der Waals surface area contributed by atoms with Crippen molar-refractivity contribution >= 4 is 26.3 Å². The highest BCUT2D eigenvalue weighted by Crippen LogP contribution is 2.31. The van der Waals surface area contributed by atoms with Crippen LogP contribution in [0, 0.1) is 0 Å². The van der Waals surface area contributed by atoms with Crippen molar-refractivity contribution in [3.63, 3.8) is 0 Å². The fourth-order valence-corrected chi connectivity index (χ4v) is 3.71. The zero-order valence-electron chi connectivity index (χ0n) is 11.9. The maximum atomic E-state index is 12.5. The van der Waals surface area contributed by atoms with Gasteiger partial charge in [0.25, 0.3) is 0 Å². The fourth-order valence-electron chi connectivity index (χ4n) is 2.08. The Hall–Kier alpha value is -2.08. The van der Waals surface area contributed by atoms with E-state index in [-0.39, 0.29) is 10.6 Å². The van der Waals surface area contributed by atoms with Gasteiger partial charge in [-0.1, -0.05) is 35.4 Å². The molecule has 2 rings (SSSR count). The lowest BCUT2D eigenvalue weighted by Gasteiger charge is -2.12. The van der Waals surface area contributed by atoms with Crippen molar-refractivity contribution < 1.29 is 8.42 Å². The molecule has 6 nitrogen and oxygen atoms in total. The molecule has 110 valence electrons. The first-order chi connectivity index (χ1) is 9.95. The Morgan fingerprint density at radius 3 is 2.48 bits per heavy atom. The number of nitrogens with zero attached hydrogens (tertiary/aromatic N) is 4. The van der Waals surface area contributed by atoms with Crippen LogP contribution in [0.25, 0.3) is 21.2 Å². The van der Waals surface area contributed by atoms with E-state index in [9.17, 15) is 8.42 Å². The monoisotopic (exact) mass is 304 g/mol. The molecule has 0 saturated heterocycles. The lowest BCUT2D eigenvalue weighted by molar-refractivity contribution is 0.432. The van der Waals surface area contributed by atoms with Gasteiger partial charge in [-0.25, -0.2) is 8.42 Å². The molecule has 0 aromatic heterocycles. The van der Waals surface area contributed by atoms with E-state index in [0.717, 1.165) is 0 Å². The van der Waals surface area contributed by atoms with Gasteiger partial charge in [-0.15, -0.1) is 0 Å². The molecule has 0 fully saturated rings. The maximum Gasteiger partial charge on any atom is 0.180 e. The van der Waals surface area contributed by atoms with Crippen molar-refractivity contribution in [3.05, 3.63) is 46.8 Å². The van der Waals surface area contributed by atoms with Gasteiger partial charge in [0.15, 0.2) is 9.84 Å². The molecule has 0 heterocycles. The molecular formula is C14H16N4O2S. The molecule has 0 N–H and O–H groups in total. The molecule has 0 aliphatic heterocycles. The van der Waals surface area contributed by atoms with Gasteiger partial charge in [-0.05, 0) is 31.1 Å². The second kappa shape index (κ2) is 6.13. The van der Waals surface area contributed by atoms with Crippen molar-refractivity contribution in [2.24, 2.45) is 5.11 Å². The Kier molecular flexibility index (Phi) is 4.47. The van der Waals surface area contributed by atoms with E-state index in [1.807, 2.05) is 19.0 Å². The highest BCUT2D eigenvalue weighted by atomic mass is 32.2. The smallest absolute Gasteiger partial charge is 0.180 e. The number of fused-ring (bicyclic) bond motifs is 1. The highest BCUT2D eigenvalue weighted by molar-refractivity contribution is 7.91. The van der Waals surface area contributed by atoms with E-state index < -0.39 is 9.84 Å². The maximum absolute atomic E-state index is 12.5. The minimum atomic E-state index is -3.39. The standard InChI is InChI=1S/C14H16N4O2S/c1-18(2)9-10-21(19,20)14-8-4-5-11-12(14)6-3-7-13(11)16-17-15/h3-8H,9-10H2,1-2H3. The van der Waals surface area contributed by atoms with E-state index in [0.29, 0.717) is 23.0 Å². The molecule has 0 saturated carbocycles. The van der Waals surface area contributed by atoms with Crippen molar-refractivity contribution in [1.82, 2.24) is 4.90 Å². The molecule has 0 amide bonds. The lowest BCUT2D eigenvalue weighted by Crippen LogP contribution is -2.22. The summed E-state index contributed by atoms with van der Waals surface area (Å²) >= 11 is 0. The van der Waals surface area contributed by atoms with Crippen molar-refractivity contribution in [2.45, 2.75) is 4.90 Å². The number of sulfone groups is 1. The predicted octanol–water partition coefficient (Wildman–Crippen LogP) is 3.12. The fraction of sp³-hybridized carbons (Fsp3) is 0.286. The largest absolute Gasteiger partial charge is 0.308 e. The summed E-state index contributed by atoms with van der Waals surface area (Å²) in [6.07, 6.45) is 0. The Bertz CT molecular complexity index is 809. The van der Waals surface area contributed by atoms with Crippen LogP contribution in [0.1, 0.15) is 0 Å².